The Hall–Kier alpha value is -2.82. The highest BCUT2D eigenvalue weighted by Gasteiger charge is 2.47. The van der Waals surface area contributed by atoms with Crippen molar-refractivity contribution in [1.82, 2.24) is 0 Å². The number of nitrogens with zero attached hydrogens (tertiary/aromatic N) is 2. The lowest BCUT2D eigenvalue weighted by molar-refractivity contribution is -0.174. The van der Waals surface area contributed by atoms with Gasteiger partial charge >= 0.3 is 18.1 Å². The molecule has 0 aliphatic carbocycles. The molecule has 0 aromatic heterocycles. The Morgan fingerprint density at radius 2 is 2.00 bits per heavy atom. The second-order valence-electron chi connectivity index (χ2n) is 4.78. The Labute approximate surface area is 129 Å². The Morgan fingerprint density at radius 3 is 2.57 bits per heavy atom. The number of alkyl halides is 3. The number of hydrogen-bond acceptors (Lipinski definition) is 4. The van der Waals surface area contributed by atoms with Crippen LogP contribution in [-0.4, -0.2) is 24.3 Å². The number of hydrogen-bond donors (Lipinski definition) is 0. The molecule has 1 heterocycles. The van der Waals surface area contributed by atoms with Gasteiger partial charge < -0.3 is 4.74 Å². The standard InChI is InChI=1S/C15H11F3N2O3/c1-9(21)23-13-7-10(8-19)6-11-4-2-3-5-12(11)20(13)14(22)15(16,17)18/h2-6,13H,7H2,1H3. The van der Waals surface area contributed by atoms with Crippen LogP contribution in [0.5, 0.6) is 0 Å². The average Bonchev–Trinajstić information content (AvgIpc) is 2.61. The topological polar surface area (TPSA) is 70.4 Å². The SMILES string of the molecule is CC(=O)OC1CC(C#N)=Cc2ccccc2N1C(=O)C(F)(F)F. The molecular weight excluding hydrogens is 313 g/mol. The van der Waals surface area contributed by atoms with E-state index in [1.54, 1.807) is 6.07 Å². The maximum atomic E-state index is 12.9. The van der Waals surface area contributed by atoms with E-state index >= 15 is 0 Å². The molecule has 1 aliphatic heterocycles. The van der Waals surface area contributed by atoms with E-state index in [-0.39, 0.29) is 23.2 Å². The van der Waals surface area contributed by atoms with E-state index in [0.29, 0.717) is 4.90 Å². The first kappa shape index (κ1) is 16.5. The Morgan fingerprint density at radius 1 is 1.35 bits per heavy atom. The van der Waals surface area contributed by atoms with Crippen molar-refractivity contribution in [3.63, 3.8) is 0 Å². The third kappa shape index (κ3) is 3.51. The molecule has 1 amide bonds. The zero-order chi connectivity index (χ0) is 17.2. The molecule has 0 spiro atoms. The number of carbonyl (C=O) groups is 2. The molecule has 120 valence electrons. The van der Waals surface area contributed by atoms with Crippen molar-refractivity contribution in [3.8, 4) is 6.07 Å². The normalized spacial score (nSPS) is 17.4. The number of esters is 1. The lowest BCUT2D eigenvalue weighted by atomic mass is 10.1. The Bertz CT molecular complexity index is 719. The molecule has 1 unspecified atom stereocenters. The van der Waals surface area contributed by atoms with E-state index in [4.69, 9.17) is 10.00 Å². The van der Waals surface area contributed by atoms with Crippen LogP contribution in [0.4, 0.5) is 18.9 Å². The highest BCUT2D eigenvalue weighted by molar-refractivity contribution is 6.00. The monoisotopic (exact) mass is 324 g/mol. The van der Waals surface area contributed by atoms with Gasteiger partial charge in [0.25, 0.3) is 0 Å². The molecule has 8 heteroatoms. The largest absolute Gasteiger partial charge is 0.471 e. The van der Waals surface area contributed by atoms with Crippen LogP contribution in [0.1, 0.15) is 18.9 Å². The first-order valence-corrected chi connectivity index (χ1v) is 6.51. The summed E-state index contributed by atoms with van der Waals surface area (Å²) in [5, 5.41) is 9.09. The highest BCUT2D eigenvalue weighted by Crippen LogP contribution is 2.34. The summed E-state index contributed by atoms with van der Waals surface area (Å²) in [6, 6.07) is 7.62. The molecule has 0 N–H and O–H groups in total. The van der Waals surface area contributed by atoms with Crippen molar-refractivity contribution < 1.29 is 27.5 Å². The van der Waals surface area contributed by atoms with Gasteiger partial charge in [0.1, 0.15) is 0 Å². The number of carbonyl (C=O) groups excluding carboxylic acids is 2. The molecule has 0 saturated carbocycles. The second-order valence-corrected chi connectivity index (χ2v) is 4.78. The Balaban J connectivity index is 2.61. The van der Waals surface area contributed by atoms with Crippen molar-refractivity contribution in [1.29, 1.82) is 5.26 Å². The molecule has 1 aromatic rings. The van der Waals surface area contributed by atoms with Gasteiger partial charge in [-0.05, 0) is 17.7 Å². The summed E-state index contributed by atoms with van der Waals surface area (Å²) in [7, 11) is 0. The molecule has 1 atom stereocenters. The van der Waals surface area contributed by atoms with E-state index in [2.05, 4.69) is 0 Å². The third-order valence-corrected chi connectivity index (χ3v) is 3.12. The van der Waals surface area contributed by atoms with E-state index in [1.165, 1.54) is 24.3 Å². The zero-order valence-corrected chi connectivity index (χ0v) is 11.9. The van der Waals surface area contributed by atoms with Crippen molar-refractivity contribution in [2.24, 2.45) is 0 Å². The minimum atomic E-state index is -5.15. The van der Waals surface area contributed by atoms with Crippen LogP contribution in [0.15, 0.2) is 29.8 Å². The number of amides is 1. The third-order valence-electron chi connectivity index (χ3n) is 3.12. The van der Waals surface area contributed by atoms with Crippen LogP contribution in [0.3, 0.4) is 0 Å². The molecule has 0 bridgehead atoms. The summed E-state index contributed by atoms with van der Waals surface area (Å²) < 4.78 is 43.7. The first-order valence-electron chi connectivity index (χ1n) is 6.51. The molecule has 5 nitrogen and oxygen atoms in total. The average molecular weight is 324 g/mol. The number of nitriles is 1. The quantitative estimate of drug-likeness (QED) is 0.745. The number of fused-ring (bicyclic) bond motifs is 1. The minimum Gasteiger partial charge on any atom is -0.441 e. The van der Waals surface area contributed by atoms with Crippen molar-refractivity contribution in [2.45, 2.75) is 25.7 Å². The molecule has 23 heavy (non-hydrogen) atoms. The second kappa shape index (κ2) is 6.12. The lowest BCUT2D eigenvalue weighted by Gasteiger charge is -2.31. The first-order chi connectivity index (χ1) is 10.7. The lowest BCUT2D eigenvalue weighted by Crippen LogP contribution is -2.49. The van der Waals surface area contributed by atoms with Gasteiger partial charge in [-0.3, -0.25) is 14.5 Å². The summed E-state index contributed by atoms with van der Waals surface area (Å²) >= 11 is 0. The molecular formula is C15H11F3N2O3. The Kier molecular flexibility index (Phi) is 4.40. The summed E-state index contributed by atoms with van der Waals surface area (Å²) in [6.45, 7) is 1.02. The maximum Gasteiger partial charge on any atom is 0.471 e. The fourth-order valence-electron chi connectivity index (χ4n) is 2.25. The number of ether oxygens (including phenoxy) is 1. The van der Waals surface area contributed by atoms with Gasteiger partial charge in [0.05, 0.1) is 11.8 Å². The number of halogens is 3. The maximum absolute atomic E-state index is 12.9. The summed E-state index contributed by atoms with van der Waals surface area (Å²) in [5.74, 6) is -3.02. The molecule has 0 saturated heterocycles. The summed E-state index contributed by atoms with van der Waals surface area (Å²) in [5.41, 5.74) is 0.281. The molecule has 0 radical (unpaired) electrons. The molecule has 1 aliphatic rings. The van der Waals surface area contributed by atoms with E-state index in [1.807, 2.05) is 6.07 Å². The van der Waals surface area contributed by atoms with Gasteiger partial charge in [0.15, 0.2) is 6.23 Å². The number of anilines is 1. The predicted octanol–water partition coefficient (Wildman–Crippen LogP) is 2.78. The van der Waals surface area contributed by atoms with Gasteiger partial charge in [-0.15, -0.1) is 0 Å². The van der Waals surface area contributed by atoms with Gasteiger partial charge in [-0.25, -0.2) is 0 Å². The van der Waals surface area contributed by atoms with E-state index in [0.717, 1.165) is 6.92 Å². The van der Waals surface area contributed by atoms with Crippen LogP contribution in [0.25, 0.3) is 6.08 Å². The summed E-state index contributed by atoms with van der Waals surface area (Å²) in [4.78, 5) is 23.4. The smallest absolute Gasteiger partial charge is 0.441 e. The van der Waals surface area contributed by atoms with Gasteiger partial charge in [-0.1, -0.05) is 18.2 Å². The van der Waals surface area contributed by atoms with Crippen LogP contribution in [0, 0.1) is 11.3 Å². The number of rotatable bonds is 1. The van der Waals surface area contributed by atoms with Crippen molar-refractivity contribution in [2.75, 3.05) is 4.90 Å². The number of benzene rings is 1. The van der Waals surface area contributed by atoms with Crippen LogP contribution >= 0.6 is 0 Å². The predicted molar refractivity (Wildman–Crippen MR) is 73.7 cm³/mol. The minimum absolute atomic E-state index is 0.0775. The van der Waals surface area contributed by atoms with Crippen molar-refractivity contribution >= 4 is 23.6 Å². The fraction of sp³-hybridized carbons (Fsp3) is 0.267. The van der Waals surface area contributed by atoms with Crippen LogP contribution in [0.2, 0.25) is 0 Å². The molecule has 1 aromatic carbocycles. The zero-order valence-electron chi connectivity index (χ0n) is 11.9. The summed E-state index contributed by atoms with van der Waals surface area (Å²) in [6.07, 6.45) is -5.65. The van der Waals surface area contributed by atoms with E-state index in [9.17, 15) is 22.8 Å². The molecule has 0 fully saturated rings. The van der Waals surface area contributed by atoms with E-state index < -0.39 is 24.3 Å². The van der Waals surface area contributed by atoms with Crippen molar-refractivity contribution in [3.05, 3.63) is 35.4 Å². The molecule has 2 rings (SSSR count). The van der Waals surface area contributed by atoms with Crippen LogP contribution < -0.4 is 4.90 Å². The van der Waals surface area contributed by atoms with Gasteiger partial charge in [-0.2, -0.15) is 18.4 Å². The van der Waals surface area contributed by atoms with Gasteiger partial charge in [0, 0.05) is 18.9 Å². The van der Waals surface area contributed by atoms with Gasteiger partial charge in [0.2, 0.25) is 0 Å². The van der Waals surface area contributed by atoms with Crippen LogP contribution in [-0.2, 0) is 14.3 Å². The highest BCUT2D eigenvalue weighted by atomic mass is 19.4. The number of para-hydroxylation sites is 1. The fourth-order valence-corrected chi connectivity index (χ4v) is 2.25.